The summed E-state index contributed by atoms with van der Waals surface area (Å²) in [6.45, 7) is 0. The first-order valence-electron chi connectivity index (χ1n) is 4.30. The van der Waals surface area contributed by atoms with E-state index < -0.39 is 0 Å². The van der Waals surface area contributed by atoms with Crippen molar-refractivity contribution < 1.29 is 0 Å². The standard InChI is InChI=1S/C11H7Cl3S/c12-8-4-7(5-9(13)6-8)11(14)10-2-1-3-15-10/h1-6,11H. The largest absolute Gasteiger partial charge is 0.147 e. The minimum atomic E-state index is -0.179. The average Bonchev–Trinajstić information content (AvgIpc) is 2.67. The number of hydrogen-bond donors (Lipinski definition) is 0. The van der Waals surface area contributed by atoms with Gasteiger partial charge >= 0.3 is 0 Å². The van der Waals surface area contributed by atoms with Crippen LogP contribution >= 0.6 is 46.1 Å². The van der Waals surface area contributed by atoms with Crippen LogP contribution in [0.25, 0.3) is 0 Å². The zero-order valence-corrected chi connectivity index (χ0v) is 10.7. The lowest BCUT2D eigenvalue weighted by atomic mass is 10.1. The summed E-state index contributed by atoms with van der Waals surface area (Å²) >= 11 is 19.8. The summed E-state index contributed by atoms with van der Waals surface area (Å²) in [6, 6.07) is 9.35. The van der Waals surface area contributed by atoms with Gasteiger partial charge in [-0.3, -0.25) is 0 Å². The number of thiophene rings is 1. The van der Waals surface area contributed by atoms with E-state index in [-0.39, 0.29) is 5.38 Å². The Morgan fingerprint density at radius 2 is 1.73 bits per heavy atom. The van der Waals surface area contributed by atoms with Crippen LogP contribution in [0.2, 0.25) is 10.0 Å². The quantitative estimate of drug-likeness (QED) is 0.646. The molecule has 1 unspecified atom stereocenters. The van der Waals surface area contributed by atoms with Crippen molar-refractivity contribution >= 4 is 46.1 Å². The summed E-state index contributed by atoms with van der Waals surface area (Å²) in [5.41, 5.74) is 0.927. The van der Waals surface area contributed by atoms with Gasteiger partial charge in [-0.2, -0.15) is 0 Å². The monoisotopic (exact) mass is 276 g/mol. The molecule has 0 aliphatic rings. The molecule has 2 aromatic rings. The molecule has 2 rings (SSSR count). The van der Waals surface area contributed by atoms with Gasteiger partial charge in [0.15, 0.2) is 0 Å². The van der Waals surface area contributed by atoms with E-state index in [1.54, 1.807) is 17.4 Å². The van der Waals surface area contributed by atoms with E-state index in [0.717, 1.165) is 10.4 Å². The molecule has 1 aromatic heterocycles. The Labute approximate surface area is 107 Å². The molecule has 0 amide bonds. The maximum absolute atomic E-state index is 6.31. The molecule has 0 radical (unpaired) electrons. The fourth-order valence-corrected chi connectivity index (χ4v) is 2.94. The lowest BCUT2D eigenvalue weighted by Crippen LogP contribution is -1.89. The highest BCUT2D eigenvalue weighted by Crippen LogP contribution is 2.34. The third-order valence-electron chi connectivity index (χ3n) is 1.97. The minimum absolute atomic E-state index is 0.179. The van der Waals surface area contributed by atoms with E-state index in [9.17, 15) is 0 Å². The summed E-state index contributed by atoms with van der Waals surface area (Å²) in [6.07, 6.45) is 0. The van der Waals surface area contributed by atoms with Gasteiger partial charge in [0.1, 0.15) is 0 Å². The maximum Gasteiger partial charge on any atom is 0.0928 e. The molecular formula is C11H7Cl3S. The second-order valence-electron chi connectivity index (χ2n) is 3.08. The molecule has 4 heteroatoms. The van der Waals surface area contributed by atoms with Gasteiger partial charge in [-0.15, -0.1) is 22.9 Å². The molecule has 0 fully saturated rings. The van der Waals surface area contributed by atoms with Crippen molar-refractivity contribution in [2.75, 3.05) is 0 Å². The molecule has 0 spiro atoms. The number of rotatable bonds is 2. The average molecular weight is 278 g/mol. The molecular weight excluding hydrogens is 271 g/mol. The first-order chi connectivity index (χ1) is 7.16. The van der Waals surface area contributed by atoms with Gasteiger partial charge in [-0.1, -0.05) is 29.3 Å². The van der Waals surface area contributed by atoms with Crippen LogP contribution in [0.5, 0.6) is 0 Å². The molecule has 15 heavy (non-hydrogen) atoms. The van der Waals surface area contributed by atoms with Crippen molar-refractivity contribution in [3.63, 3.8) is 0 Å². The molecule has 0 saturated carbocycles. The Morgan fingerprint density at radius 3 is 2.27 bits per heavy atom. The predicted octanol–water partition coefficient (Wildman–Crippen LogP) is 5.38. The van der Waals surface area contributed by atoms with Crippen molar-refractivity contribution in [1.82, 2.24) is 0 Å². The normalized spacial score (nSPS) is 12.7. The molecule has 0 aliphatic carbocycles. The van der Waals surface area contributed by atoms with Crippen LogP contribution in [0.3, 0.4) is 0 Å². The van der Waals surface area contributed by atoms with Gasteiger partial charge in [-0.25, -0.2) is 0 Å². The van der Waals surface area contributed by atoms with Crippen LogP contribution < -0.4 is 0 Å². The molecule has 0 N–H and O–H groups in total. The third kappa shape index (κ3) is 2.67. The highest BCUT2D eigenvalue weighted by Gasteiger charge is 2.12. The number of hydrogen-bond acceptors (Lipinski definition) is 1. The van der Waals surface area contributed by atoms with Gasteiger partial charge in [0.05, 0.1) is 5.38 Å². The van der Waals surface area contributed by atoms with Gasteiger partial charge < -0.3 is 0 Å². The zero-order chi connectivity index (χ0) is 10.8. The summed E-state index contributed by atoms with van der Waals surface area (Å²) < 4.78 is 0. The summed E-state index contributed by atoms with van der Waals surface area (Å²) in [4.78, 5) is 1.09. The maximum atomic E-state index is 6.31. The third-order valence-corrected chi connectivity index (χ3v) is 3.96. The highest BCUT2D eigenvalue weighted by atomic mass is 35.5. The van der Waals surface area contributed by atoms with Crippen LogP contribution in [0.15, 0.2) is 35.7 Å². The number of alkyl halides is 1. The lowest BCUT2D eigenvalue weighted by Gasteiger charge is -2.08. The molecule has 1 atom stereocenters. The van der Waals surface area contributed by atoms with E-state index in [2.05, 4.69) is 0 Å². The van der Waals surface area contributed by atoms with E-state index >= 15 is 0 Å². The molecule has 0 aliphatic heterocycles. The van der Waals surface area contributed by atoms with Gasteiger partial charge in [0.2, 0.25) is 0 Å². The van der Waals surface area contributed by atoms with Gasteiger partial charge in [0, 0.05) is 14.9 Å². The number of benzene rings is 1. The summed E-state index contributed by atoms with van der Waals surface area (Å²) in [5.74, 6) is 0. The summed E-state index contributed by atoms with van der Waals surface area (Å²) in [5, 5.41) is 3.04. The van der Waals surface area contributed by atoms with E-state index in [1.807, 2.05) is 29.6 Å². The second kappa shape index (κ2) is 4.75. The van der Waals surface area contributed by atoms with Gasteiger partial charge in [-0.05, 0) is 35.2 Å². The first-order valence-corrected chi connectivity index (χ1v) is 6.37. The molecule has 1 heterocycles. The smallest absolute Gasteiger partial charge is 0.0928 e. The van der Waals surface area contributed by atoms with Crippen LogP contribution in [0.1, 0.15) is 15.8 Å². The Bertz CT molecular complexity index is 431. The van der Waals surface area contributed by atoms with E-state index in [0.29, 0.717) is 10.0 Å². The van der Waals surface area contributed by atoms with Crippen molar-refractivity contribution in [1.29, 1.82) is 0 Å². The Kier molecular flexibility index (Phi) is 3.57. The van der Waals surface area contributed by atoms with Crippen molar-refractivity contribution in [3.8, 4) is 0 Å². The van der Waals surface area contributed by atoms with E-state index in [4.69, 9.17) is 34.8 Å². The Morgan fingerprint density at radius 1 is 1.07 bits per heavy atom. The SMILES string of the molecule is Clc1cc(Cl)cc(C(Cl)c2cccs2)c1. The van der Waals surface area contributed by atoms with E-state index in [1.165, 1.54) is 0 Å². The lowest BCUT2D eigenvalue weighted by molar-refractivity contribution is 1.18. The van der Waals surface area contributed by atoms with Crippen molar-refractivity contribution in [2.24, 2.45) is 0 Å². The highest BCUT2D eigenvalue weighted by molar-refractivity contribution is 7.10. The van der Waals surface area contributed by atoms with Gasteiger partial charge in [0.25, 0.3) is 0 Å². The van der Waals surface area contributed by atoms with Crippen LogP contribution in [-0.2, 0) is 0 Å². The molecule has 1 aromatic carbocycles. The fourth-order valence-electron chi connectivity index (χ4n) is 1.32. The summed E-state index contributed by atoms with van der Waals surface area (Å²) in [7, 11) is 0. The molecule has 0 bridgehead atoms. The Hall–Kier alpha value is -0.210. The van der Waals surface area contributed by atoms with Crippen LogP contribution in [0, 0.1) is 0 Å². The van der Waals surface area contributed by atoms with Crippen molar-refractivity contribution in [2.45, 2.75) is 5.38 Å². The molecule has 78 valence electrons. The van der Waals surface area contributed by atoms with Crippen LogP contribution in [0.4, 0.5) is 0 Å². The minimum Gasteiger partial charge on any atom is -0.147 e. The van der Waals surface area contributed by atoms with Crippen molar-refractivity contribution in [3.05, 3.63) is 56.2 Å². The first kappa shape index (κ1) is 11.3. The zero-order valence-electron chi connectivity index (χ0n) is 7.58. The second-order valence-corrected chi connectivity index (χ2v) is 5.37. The predicted molar refractivity (Wildman–Crippen MR) is 68.5 cm³/mol. The number of halogens is 3. The van der Waals surface area contributed by atoms with Crippen LogP contribution in [-0.4, -0.2) is 0 Å². The Balaban J connectivity index is 2.37. The topological polar surface area (TPSA) is 0 Å². The fraction of sp³-hybridized carbons (Fsp3) is 0.0909. The molecule has 0 nitrogen and oxygen atoms in total. The molecule has 0 saturated heterocycles.